The van der Waals surface area contributed by atoms with Crippen LogP contribution in [-0.2, 0) is 0 Å². The molecule has 3 N–H and O–H groups in total. The molecule has 0 aliphatic rings. The topological polar surface area (TPSA) is 36.1 Å². The van der Waals surface area contributed by atoms with Crippen molar-refractivity contribution in [2.75, 3.05) is 6.54 Å². The van der Waals surface area contributed by atoms with Crippen LogP contribution in [0.15, 0.2) is 12.8 Å². The molecule has 0 saturated carbocycles. The molecule has 0 saturated heterocycles. The van der Waals surface area contributed by atoms with Gasteiger partial charge in [-0.05, 0) is 0 Å². The van der Waals surface area contributed by atoms with Gasteiger partial charge in [-0.1, -0.05) is 13.5 Å². The standard InChI is InChI=1S/C4H11N3/c1-3-5-7-6-4-2/h3,5-7H,1,4H2,2H3. The highest BCUT2D eigenvalue weighted by Crippen LogP contribution is 1.42. The van der Waals surface area contributed by atoms with Crippen molar-refractivity contribution >= 4 is 0 Å². The van der Waals surface area contributed by atoms with Crippen molar-refractivity contribution in [3.63, 3.8) is 0 Å². The lowest BCUT2D eigenvalue weighted by atomic mass is 10.8. The first-order chi connectivity index (χ1) is 3.41. The summed E-state index contributed by atoms with van der Waals surface area (Å²) in [5.74, 6) is 0. The second-order valence-corrected chi connectivity index (χ2v) is 1.00. The third-order valence-electron chi connectivity index (χ3n) is 0.439. The third kappa shape index (κ3) is 5.46. The van der Waals surface area contributed by atoms with E-state index in [1.807, 2.05) is 6.92 Å². The van der Waals surface area contributed by atoms with E-state index in [0.717, 1.165) is 6.54 Å². The minimum atomic E-state index is 0.890. The van der Waals surface area contributed by atoms with Crippen LogP contribution < -0.4 is 16.4 Å². The second kappa shape index (κ2) is 5.46. The number of hydrogen-bond donors (Lipinski definition) is 3. The molecule has 0 unspecified atom stereocenters. The van der Waals surface area contributed by atoms with Crippen molar-refractivity contribution in [3.8, 4) is 0 Å². The summed E-state index contributed by atoms with van der Waals surface area (Å²) in [6, 6.07) is 0. The Balaban J connectivity index is 2.56. The molecular weight excluding hydrogens is 90.1 g/mol. The van der Waals surface area contributed by atoms with Gasteiger partial charge in [0.15, 0.2) is 0 Å². The summed E-state index contributed by atoms with van der Waals surface area (Å²) >= 11 is 0. The van der Waals surface area contributed by atoms with E-state index in [9.17, 15) is 0 Å². The van der Waals surface area contributed by atoms with E-state index in [0.29, 0.717) is 0 Å². The number of nitrogens with one attached hydrogen (secondary N) is 3. The molecule has 0 aliphatic heterocycles. The highest BCUT2D eigenvalue weighted by Gasteiger charge is 1.67. The average Bonchev–Trinajstić information content (AvgIpc) is 1.69. The lowest BCUT2D eigenvalue weighted by Gasteiger charge is -2.00. The summed E-state index contributed by atoms with van der Waals surface area (Å²) in [7, 11) is 0. The minimum Gasteiger partial charge on any atom is -0.316 e. The van der Waals surface area contributed by atoms with E-state index < -0.39 is 0 Å². The molecule has 7 heavy (non-hydrogen) atoms. The fourth-order valence-electron chi connectivity index (χ4n) is 0.190. The van der Waals surface area contributed by atoms with Crippen LogP contribution in [0.1, 0.15) is 6.92 Å². The Morgan fingerprint density at radius 2 is 2.43 bits per heavy atom. The van der Waals surface area contributed by atoms with Gasteiger partial charge in [0.25, 0.3) is 0 Å². The first-order valence-electron chi connectivity index (χ1n) is 2.26. The molecule has 3 heteroatoms. The van der Waals surface area contributed by atoms with Gasteiger partial charge in [0, 0.05) is 12.7 Å². The van der Waals surface area contributed by atoms with Crippen molar-refractivity contribution in [2.24, 2.45) is 0 Å². The van der Waals surface area contributed by atoms with Crippen molar-refractivity contribution in [1.29, 1.82) is 0 Å². The summed E-state index contributed by atoms with van der Waals surface area (Å²) < 4.78 is 0. The van der Waals surface area contributed by atoms with Gasteiger partial charge in [-0.2, -0.15) is 5.53 Å². The molecule has 0 atom stereocenters. The fourth-order valence-corrected chi connectivity index (χ4v) is 0.190. The van der Waals surface area contributed by atoms with Gasteiger partial charge < -0.3 is 5.43 Å². The normalized spacial score (nSPS) is 8.14. The van der Waals surface area contributed by atoms with Crippen LogP contribution in [0.25, 0.3) is 0 Å². The van der Waals surface area contributed by atoms with Gasteiger partial charge >= 0.3 is 0 Å². The second-order valence-electron chi connectivity index (χ2n) is 1.00. The van der Waals surface area contributed by atoms with E-state index in [2.05, 4.69) is 23.0 Å². The van der Waals surface area contributed by atoms with Crippen LogP contribution in [0, 0.1) is 0 Å². The molecule has 3 nitrogen and oxygen atoms in total. The number of hydrazine groups is 2. The van der Waals surface area contributed by atoms with E-state index >= 15 is 0 Å². The SMILES string of the molecule is C=CNNNCC. The quantitative estimate of drug-likeness (QED) is 0.337. The van der Waals surface area contributed by atoms with Crippen molar-refractivity contribution in [3.05, 3.63) is 12.8 Å². The summed E-state index contributed by atoms with van der Waals surface area (Å²) in [4.78, 5) is 0. The van der Waals surface area contributed by atoms with Crippen LogP contribution >= 0.6 is 0 Å². The van der Waals surface area contributed by atoms with Crippen LogP contribution in [-0.4, -0.2) is 6.54 Å². The van der Waals surface area contributed by atoms with E-state index in [1.165, 1.54) is 0 Å². The average molecular weight is 101 g/mol. The molecule has 0 amide bonds. The lowest BCUT2D eigenvalue weighted by molar-refractivity contribution is 0.504. The molecule has 0 radical (unpaired) electrons. The largest absolute Gasteiger partial charge is 0.316 e. The first-order valence-corrected chi connectivity index (χ1v) is 2.26. The molecule has 0 bridgehead atoms. The highest BCUT2D eigenvalue weighted by atomic mass is 15.6. The maximum absolute atomic E-state index is 3.42. The van der Waals surface area contributed by atoms with Gasteiger partial charge in [-0.15, -0.1) is 0 Å². The zero-order chi connectivity index (χ0) is 5.54. The Morgan fingerprint density at radius 3 is 2.86 bits per heavy atom. The zero-order valence-electron chi connectivity index (χ0n) is 4.49. The minimum absolute atomic E-state index is 0.890. The summed E-state index contributed by atoms with van der Waals surface area (Å²) in [6.07, 6.45) is 1.56. The Kier molecular flexibility index (Phi) is 5.04. The molecule has 0 aliphatic carbocycles. The van der Waals surface area contributed by atoms with E-state index in [-0.39, 0.29) is 0 Å². The van der Waals surface area contributed by atoms with Gasteiger partial charge in [-0.3, -0.25) is 0 Å². The van der Waals surface area contributed by atoms with Crippen molar-refractivity contribution in [2.45, 2.75) is 6.92 Å². The van der Waals surface area contributed by atoms with E-state index in [4.69, 9.17) is 0 Å². The Morgan fingerprint density at radius 1 is 1.71 bits per heavy atom. The fraction of sp³-hybridized carbons (Fsp3) is 0.500. The molecule has 0 aromatic heterocycles. The number of rotatable bonds is 4. The summed E-state index contributed by atoms with van der Waals surface area (Å²) in [5, 5.41) is 0. The van der Waals surface area contributed by atoms with Gasteiger partial charge in [0.1, 0.15) is 0 Å². The molecule has 0 spiro atoms. The van der Waals surface area contributed by atoms with Gasteiger partial charge in [0.2, 0.25) is 0 Å². The number of hydrogen-bond acceptors (Lipinski definition) is 3. The Labute approximate surface area is 43.7 Å². The van der Waals surface area contributed by atoms with Gasteiger partial charge in [-0.25, -0.2) is 5.43 Å². The zero-order valence-corrected chi connectivity index (χ0v) is 4.49. The molecule has 0 rings (SSSR count). The molecule has 0 aromatic rings. The highest BCUT2D eigenvalue weighted by molar-refractivity contribution is 4.55. The third-order valence-corrected chi connectivity index (χ3v) is 0.439. The van der Waals surface area contributed by atoms with Crippen LogP contribution in [0.2, 0.25) is 0 Å². The van der Waals surface area contributed by atoms with Gasteiger partial charge in [0.05, 0.1) is 0 Å². The predicted molar refractivity (Wildman–Crippen MR) is 30.1 cm³/mol. The Hall–Kier alpha value is -0.540. The van der Waals surface area contributed by atoms with Crippen molar-refractivity contribution in [1.82, 2.24) is 16.4 Å². The molecular formula is C4H11N3. The molecule has 0 aromatic carbocycles. The van der Waals surface area contributed by atoms with Crippen LogP contribution in [0.3, 0.4) is 0 Å². The van der Waals surface area contributed by atoms with E-state index in [1.54, 1.807) is 6.20 Å². The molecule has 0 heterocycles. The summed E-state index contributed by atoms with van der Waals surface area (Å²) in [6.45, 7) is 6.31. The summed E-state index contributed by atoms with van der Waals surface area (Å²) in [5.41, 5.74) is 8.14. The molecule has 0 fully saturated rings. The monoisotopic (exact) mass is 101 g/mol. The first kappa shape index (κ1) is 6.46. The molecule has 42 valence electrons. The maximum Gasteiger partial charge on any atom is 0.00887 e. The lowest BCUT2D eigenvalue weighted by Crippen LogP contribution is -2.39. The smallest absolute Gasteiger partial charge is 0.00887 e. The van der Waals surface area contributed by atoms with Crippen LogP contribution in [0.4, 0.5) is 0 Å². The van der Waals surface area contributed by atoms with Crippen LogP contribution in [0.5, 0.6) is 0 Å². The predicted octanol–water partition coefficient (Wildman–Crippen LogP) is -0.251. The van der Waals surface area contributed by atoms with Crippen molar-refractivity contribution < 1.29 is 0 Å². The Bertz CT molecular complexity index is 44.2. The maximum atomic E-state index is 3.42.